The van der Waals surface area contributed by atoms with E-state index in [-0.39, 0.29) is 0 Å². The number of para-hydroxylation sites is 2. The van der Waals surface area contributed by atoms with Crippen LogP contribution in [0.5, 0.6) is 0 Å². The first-order valence-corrected chi connectivity index (χ1v) is 9.06. The summed E-state index contributed by atoms with van der Waals surface area (Å²) in [6.07, 6.45) is 3.90. The van der Waals surface area contributed by atoms with Crippen LogP contribution in [0.3, 0.4) is 0 Å². The monoisotopic (exact) mass is 383 g/mol. The number of fused-ring (bicyclic) bond motifs is 1. The summed E-state index contributed by atoms with van der Waals surface area (Å²) in [7, 11) is 0. The Morgan fingerprint density at radius 2 is 1.97 bits per heavy atom. The van der Waals surface area contributed by atoms with Gasteiger partial charge in [-0.25, -0.2) is 9.48 Å². The molecule has 0 aliphatic rings. The van der Waals surface area contributed by atoms with E-state index in [1.807, 2.05) is 72.9 Å². The lowest BCUT2D eigenvalue weighted by Gasteiger charge is -2.01. The molecule has 0 saturated heterocycles. The minimum atomic E-state index is -0.811. The van der Waals surface area contributed by atoms with Crippen molar-refractivity contribution in [2.75, 3.05) is 0 Å². The summed E-state index contributed by atoms with van der Waals surface area (Å²) in [6, 6.07) is 21.1. The zero-order valence-electron chi connectivity index (χ0n) is 15.6. The highest BCUT2D eigenvalue weighted by Crippen LogP contribution is 2.30. The zero-order chi connectivity index (χ0) is 20.2. The van der Waals surface area contributed by atoms with Crippen LogP contribution in [0.2, 0.25) is 0 Å². The maximum atomic E-state index is 11.9. The van der Waals surface area contributed by atoms with E-state index in [9.17, 15) is 4.79 Å². The summed E-state index contributed by atoms with van der Waals surface area (Å²) in [6.45, 7) is 1.51. The highest BCUT2D eigenvalue weighted by Gasteiger charge is 2.15. The molecule has 0 saturated carbocycles. The number of hydrogen-bond acceptors (Lipinski definition) is 5. The summed E-state index contributed by atoms with van der Waals surface area (Å²) in [4.78, 5) is 11.9. The van der Waals surface area contributed by atoms with Gasteiger partial charge in [0.15, 0.2) is 11.9 Å². The second-order valence-corrected chi connectivity index (χ2v) is 6.40. The molecule has 0 unspecified atom stereocenters. The molecular formula is C23H17N3O3. The minimum Gasteiger partial charge on any atom is -0.454 e. The van der Waals surface area contributed by atoms with Crippen molar-refractivity contribution in [1.29, 1.82) is 5.26 Å². The molecule has 2 aromatic heterocycles. The van der Waals surface area contributed by atoms with Gasteiger partial charge in [0, 0.05) is 23.2 Å². The van der Waals surface area contributed by atoms with Crippen molar-refractivity contribution in [3.8, 4) is 23.2 Å². The Morgan fingerprint density at radius 3 is 2.72 bits per heavy atom. The molecule has 1 atom stereocenters. The second-order valence-electron chi connectivity index (χ2n) is 6.40. The fourth-order valence-electron chi connectivity index (χ4n) is 2.91. The van der Waals surface area contributed by atoms with Gasteiger partial charge in [-0.15, -0.1) is 0 Å². The van der Waals surface area contributed by atoms with Crippen LogP contribution in [0.4, 0.5) is 0 Å². The van der Waals surface area contributed by atoms with Gasteiger partial charge in [-0.2, -0.15) is 10.4 Å². The van der Waals surface area contributed by atoms with Crippen molar-refractivity contribution >= 4 is 23.0 Å². The van der Waals surface area contributed by atoms with Gasteiger partial charge in [-0.3, -0.25) is 0 Å². The van der Waals surface area contributed by atoms with E-state index in [1.54, 1.807) is 10.8 Å². The van der Waals surface area contributed by atoms with E-state index < -0.39 is 12.1 Å². The standard InChI is InChI=1S/C23H17N3O3/c1-16(14-24)28-22(27)12-11-18-15-26(19-8-3-2-4-9-19)25-23(18)21-13-17-7-5-6-10-20(17)29-21/h2-13,15-16H,1H3/b12-11+/t16-/m0/s1. The number of nitrogens with zero attached hydrogens (tertiary/aromatic N) is 3. The molecule has 142 valence electrons. The molecule has 0 bridgehead atoms. The molecule has 4 rings (SSSR count). The van der Waals surface area contributed by atoms with Crippen LogP contribution >= 0.6 is 0 Å². The summed E-state index contributed by atoms with van der Waals surface area (Å²) >= 11 is 0. The number of benzene rings is 2. The first-order chi connectivity index (χ1) is 14.1. The fourth-order valence-corrected chi connectivity index (χ4v) is 2.91. The lowest BCUT2D eigenvalue weighted by Crippen LogP contribution is -2.10. The third-order valence-electron chi connectivity index (χ3n) is 4.30. The molecule has 0 aliphatic carbocycles. The summed E-state index contributed by atoms with van der Waals surface area (Å²) < 4.78 is 12.7. The van der Waals surface area contributed by atoms with E-state index in [1.165, 1.54) is 13.0 Å². The van der Waals surface area contributed by atoms with Crippen molar-refractivity contribution in [2.45, 2.75) is 13.0 Å². The Kier molecular flexibility index (Phi) is 4.95. The van der Waals surface area contributed by atoms with E-state index in [0.29, 0.717) is 17.0 Å². The van der Waals surface area contributed by atoms with Crippen LogP contribution in [-0.4, -0.2) is 21.9 Å². The Morgan fingerprint density at radius 1 is 1.21 bits per heavy atom. The van der Waals surface area contributed by atoms with Crippen LogP contribution in [-0.2, 0) is 9.53 Å². The number of carbonyl (C=O) groups is 1. The van der Waals surface area contributed by atoms with Crippen LogP contribution in [0.25, 0.3) is 34.2 Å². The van der Waals surface area contributed by atoms with E-state index >= 15 is 0 Å². The molecule has 4 aromatic rings. The average Bonchev–Trinajstić information content (AvgIpc) is 3.36. The highest BCUT2D eigenvalue weighted by molar-refractivity contribution is 5.89. The first-order valence-electron chi connectivity index (χ1n) is 9.06. The maximum Gasteiger partial charge on any atom is 0.332 e. The van der Waals surface area contributed by atoms with Gasteiger partial charge >= 0.3 is 5.97 Å². The third kappa shape index (κ3) is 3.94. The topological polar surface area (TPSA) is 81.0 Å². The molecule has 0 N–H and O–H groups in total. The number of esters is 1. The summed E-state index contributed by atoms with van der Waals surface area (Å²) in [5.41, 5.74) is 2.93. The van der Waals surface area contributed by atoms with Crippen molar-refractivity contribution in [3.63, 3.8) is 0 Å². The summed E-state index contributed by atoms with van der Waals surface area (Å²) in [5.74, 6) is 0.00126. The fraction of sp³-hybridized carbons (Fsp3) is 0.0870. The van der Waals surface area contributed by atoms with Crippen LogP contribution in [0.15, 0.2) is 77.4 Å². The molecule has 0 aliphatic heterocycles. The smallest absolute Gasteiger partial charge is 0.332 e. The molecule has 0 fully saturated rings. The quantitative estimate of drug-likeness (QED) is 0.367. The predicted octanol–water partition coefficient (Wildman–Crippen LogP) is 4.75. The molecule has 0 spiro atoms. The zero-order valence-corrected chi connectivity index (χ0v) is 15.6. The largest absolute Gasteiger partial charge is 0.454 e. The maximum absolute atomic E-state index is 11.9. The summed E-state index contributed by atoms with van der Waals surface area (Å²) in [5, 5.41) is 14.4. The van der Waals surface area contributed by atoms with Crippen LogP contribution in [0, 0.1) is 11.3 Å². The van der Waals surface area contributed by atoms with Gasteiger partial charge in [0.1, 0.15) is 17.3 Å². The molecule has 29 heavy (non-hydrogen) atoms. The number of aromatic nitrogens is 2. The second kappa shape index (κ2) is 7.87. The van der Waals surface area contributed by atoms with E-state index in [4.69, 9.17) is 14.4 Å². The molecule has 6 heteroatoms. The number of carbonyl (C=O) groups excluding carboxylic acids is 1. The van der Waals surface area contributed by atoms with Crippen molar-refractivity contribution < 1.29 is 13.9 Å². The average molecular weight is 383 g/mol. The van der Waals surface area contributed by atoms with Gasteiger partial charge in [-0.05, 0) is 37.3 Å². The molecular weight excluding hydrogens is 366 g/mol. The van der Waals surface area contributed by atoms with Gasteiger partial charge in [0.25, 0.3) is 0 Å². The van der Waals surface area contributed by atoms with E-state index in [0.717, 1.165) is 16.7 Å². The number of ether oxygens (including phenoxy) is 1. The molecule has 0 radical (unpaired) electrons. The van der Waals surface area contributed by atoms with Crippen molar-refractivity contribution in [1.82, 2.24) is 9.78 Å². The predicted molar refractivity (Wildman–Crippen MR) is 109 cm³/mol. The Hall–Kier alpha value is -4.11. The number of hydrogen-bond donors (Lipinski definition) is 0. The van der Waals surface area contributed by atoms with Crippen molar-refractivity contribution in [3.05, 3.63) is 78.5 Å². The Balaban J connectivity index is 1.75. The lowest BCUT2D eigenvalue weighted by atomic mass is 10.2. The molecule has 2 aromatic carbocycles. The van der Waals surface area contributed by atoms with Crippen molar-refractivity contribution in [2.24, 2.45) is 0 Å². The Bertz CT molecular complexity index is 1200. The van der Waals surface area contributed by atoms with Crippen LogP contribution in [0.1, 0.15) is 12.5 Å². The van der Waals surface area contributed by atoms with E-state index in [2.05, 4.69) is 5.10 Å². The number of rotatable bonds is 5. The Labute approximate surface area is 167 Å². The van der Waals surface area contributed by atoms with Gasteiger partial charge in [-0.1, -0.05) is 36.4 Å². The molecule has 0 amide bonds. The normalized spacial score (nSPS) is 12.1. The third-order valence-corrected chi connectivity index (χ3v) is 4.30. The molecule has 2 heterocycles. The SMILES string of the molecule is C[C@@H](C#N)OC(=O)/C=C/c1cn(-c2ccccc2)nc1-c1cc2ccccc2o1. The first kappa shape index (κ1) is 18.3. The highest BCUT2D eigenvalue weighted by atomic mass is 16.5. The van der Waals surface area contributed by atoms with Gasteiger partial charge in [0.05, 0.1) is 5.69 Å². The molecule has 6 nitrogen and oxygen atoms in total. The van der Waals surface area contributed by atoms with Gasteiger partial charge in [0.2, 0.25) is 0 Å². The number of nitriles is 1. The lowest BCUT2D eigenvalue weighted by molar-refractivity contribution is -0.139. The van der Waals surface area contributed by atoms with Crippen LogP contribution < -0.4 is 0 Å². The van der Waals surface area contributed by atoms with Gasteiger partial charge < -0.3 is 9.15 Å². The number of furan rings is 1. The minimum absolute atomic E-state index is 0.595.